The second-order valence-electron chi connectivity index (χ2n) is 6.83. The molecule has 0 heterocycles. The van der Waals surface area contributed by atoms with E-state index < -0.39 is 0 Å². The minimum atomic E-state index is 1.04. The van der Waals surface area contributed by atoms with E-state index in [1.807, 2.05) is 0 Å². The second-order valence-corrected chi connectivity index (χ2v) is 7.67. The molecule has 0 nitrogen and oxygen atoms in total. The molecule has 0 aliphatic heterocycles. The monoisotopic (exact) mass is 365 g/mol. The summed E-state index contributed by atoms with van der Waals surface area (Å²) in [6.45, 7) is 0. The van der Waals surface area contributed by atoms with Crippen LogP contribution in [0.1, 0.15) is 11.1 Å². The standard InChI is InChI=1S/C25H17.Ti/c1-3-7-18(8-4-1)20-11-13-22-15-23-14-12-21(17-25(23)24(22)16-20)19-9-5-2-6-10-19;/h1-13,16-17H,15H2;. The van der Waals surface area contributed by atoms with Crippen molar-refractivity contribution in [2.75, 3.05) is 0 Å². The molecule has 4 aromatic rings. The van der Waals surface area contributed by atoms with Gasteiger partial charge in [-0.15, -0.1) is 0 Å². The van der Waals surface area contributed by atoms with E-state index in [2.05, 4.69) is 111 Å². The van der Waals surface area contributed by atoms with Crippen LogP contribution in [-0.2, 0) is 26.9 Å². The number of benzene rings is 4. The Balaban J connectivity index is 1.67. The van der Waals surface area contributed by atoms with Crippen molar-refractivity contribution in [1.29, 1.82) is 0 Å². The molecule has 1 heteroatoms. The van der Waals surface area contributed by atoms with Crippen LogP contribution in [0.3, 0.4) is 0 Å². The fourth-order valence-electron chi connectivity index (χ4n) is 3.88. The van der Waals surface area contributed by atoms with E-state index in [9.17, 15) is 0 Å². The summed E-state index contributed by atoms with van der Waals surface area (Å²) < 4.78 is 1.39. The van der Waals surface area contributed by atoms with Gasteiger partial charge >= 0.3 is 166 Å². The average Bonchev–Trinajstić information content (AvgIpc) is 3.08. The normalized spacial score (nSPS) is 11.8. The molecular weight excluding hydrogens is 348 g/mol. The summed E-state index contributed by atoms with van der Waals surface area (Å²) >= 11 is 2.25. The molecule has 4 aromatic carbocycles. The molecule has 0 aromatic heterocycles. The van der Waals surface area contributed by atoms with Gasteiger partial charge in [0, 0.05) is 0 Å². The summed E-state index contributed by atoms with van der Waals surface area (Å²) in [4.78, 5) is 0. The van der Waals surface area contributed by atoms with Crippen molar-refractivity contribution in [3.05, 3.63) is 102 Å². The van der Waals surface area contributed by atoms with E-state index >= 15 is 0 Å². The first-order valence-electron chi connectivity index (χ1n) is 8.92. The van der Waals surface area contributed by atoms with Gasteiger partial charge < -0.3 is 0 Å². The van der Waals surface area contributed by atoms with Crippen LogP contribution in [0.15, 0.2) is 91.0 Å². The fraction of sp³-hybridized carbons (Fsp3) is 0.0400. The van der Waals surface area contributed by atoms with E-state index in [-0.39, 0.29) is 0 Å². The number of rotatable bonds is 2. The molecule has 1 aliphatic rings. The van der Waals surface area contributed by atoms with Gasteiger partial charge in [-0.2, -0.15) is 0 Å². The van der Waals surface area contributed by atoms with Crippen LogP contribution in [0, 0.1) is 0 Å². The zero-order valence-electron chi connectivity index (χ0n) is 14.4. The maximum absolute atomic E-state index is 2.37. The molecule has 121 valence electrons. The molecule has 1 aliphatic carbocycles. The molecular formula is C25H17Ti. The van der Waals surface area contributed by atoms with Crippen LogP contribution in [0.25, 0.3) is 33.4 Å². The predicted octanol–water partition coefficient (Wildman–Crippen LogP) is 5.76. The summed E-state index contributed by atoms with van der Waals surface area (Å²) in [5.74, 6) is 0. The first-order chi connectivity index (χ1) is 12.8. The fourth-order valence-corrected chi connectivity index (χ4v) is 4.47. The zero-order valence-corrected chi connectivity index (χ0v) is 15.9. The van der Waals surface area contributed by atoms with Gasteiger partial charge in [0.25, 0.3) is 0 Å². The summed E-state index contributed by atoms with van der Waals surface area (Å²) in [5.41, 5.74) is 10.9. The van der Waals surface area contributed by atoms with Crippen molar-refractivity contribution in [2.45, 2.75) is 6.42 Å². The van der Waals surface area contributed by atoms with Gasteiger partial charge in [-0.05, 0) is 0 Å². The van der Waals surface area contributed by atoms with E-state index in [4.69, 9.17) is 0 Å². The first-order valence-corrected chi connectivity index (χ1v) is 9.70. The van der Waals surface area contributed by atoms with E-state index in [0.717, 1.165) is 6.42 Å². The second kappa shape index (κ2) is 6.39. The van der Waals surface area contributed by atoms with E-state index in [0.29, 0.717) is 0 Å². The van der Waals surface area contributed by atoms with E-state index in [1.165, 1.54) is 48.4 Å². The molecule has 0 spiro atoms. The molecule has 5 rings (SSSR count). The zero-order chi connectivity index (χ0) is 17.5. The van der Waals surface area contributed by atoms with Crippen LogP contribution < -0.4 is 3.87 Å². The van der Waals surface area contributed by atoms with Gasteiger partial charge in [-0.3, -0.25) is 0 Å². The SMILES string of the molecule is [Ti][c]1cc(-c2ccccc2)cc2c1Cc1ccc(-c3ccccc3)cc1-2. The van der Waals surface area contributed by atoms with Crippen molar-refractivity contribution < 1.29 is 20.4 Å². The van der Waals surface area contributed by atoms with Crippen LogP contribution in [0.4, 0.5) is 0 Å². The Morgan fingerprint density at radius 2 is 1.15 bits per heavy atom. The molecule has 0 saturated carbocycles. The predicted molar refractivity (Wildman–Crippen MR) is 105 cm³/mol. The Bertz CT molecular complexity index is 1100. The summed E-state index contributed by atoms with van der Waals surface area (Å²) in [6.07, 6.45) is 1.04. The number of hydrogen-bond donors (Lipinski definition) is 0. The van der Waals surface area contributed by atoms with Gasteiger partial charge in [0.05, 0.1) is 0 Å². The Kier molecular flexibility index (Phi) is 3.89. The van der Waals surface area contributed by atoms with Gasteiger partial charge in [-0.1, -0.05) is 0 Å². The first kappa shape index (κ1) is 15.8. The van der Waals surface area contributed by atoms with Gasteiger partial charge in [0.1, 0.15) is 0 Å². The Hall–Kier alpha value is -2.41. The van der Waals surface area contributed by atoms with Gasteiger partial charge in [0.15, 0.2) is 0 Å². The summed E-state index contributed by atoms with van der Waals surface area (Å²) in [7, 11) is 0. The van der Waals surface area contributed by atoms with Crippen LogP contribution in [0.5, 0.6) is 0 Å². The Morgan fingerprint density at radius 1 is 0.538 bits per heavy atom. The van der Waals surface area contributed by atoms with E-state index in [1.54, 1.807) is 0 Å². The third-order valence-electron chi connectivity index (χ3n) is 5.23. The van der Waals surface area contributed by atoms with Crippen molar-refractivity contribution in [3.63, 3.8) is 0 Å². The third kappa shape index (κ3) is 2.67. The van der Waals surface area contributed by atoms with Crippen LogP contribution in [-0.4, -0.2) is 0 Å². The molecule has 0 atom stereocenters. The van der Waals surface area contributed by atoms with Gasteiger partial charge in [-0.25, -0.2) is 0 Å². The van der Waals surface area contributed by atoms with Crippen molar-refractivity contribution in [1.82, 2.24) is 0 Å². The molecule has 0 bridgehead atoms. The van der Waals surface area contributed by atoms with Gasteiger partial charge in [0.2, 0.25) is 0 Å². The van der Waals surface area contributed by atoms with Crippen molar-refractivity contribution >= 4 is 3.87 Å². The Labute approximate surface area is 165 Å². The number of hydrogen-bond acceptors (Lipinski definition) is 0. The molecule has 0 N–H and O–H groups in total. The van der Waals surface area contributed by atoms with Crippen LogP contribution >= 0.6 is 0 Å². The summed E-state index contributed by atoms with van der Waals surface area (Å²) in [5, 5.41) is 0. The number of fused-ring (bicyclic) bond motifs is 3. The quantitative estimate of drug-likeness (QED) is 0.349. The minimum absolute atomic E-state index is 1.04. The third-order valence-corrected chi connectivity index (χ3v) is 5.93. The molecule has 0 fully saturated rings. The average molecular weight is 365 g/mol. The van der Waals surface area contributed by atoms with Crippen molar-refractivity contribution in [2.24, 2.45) is 0 Å². The summed E-state index contributed by atoms with van der Waals surface area (Å²) in [6, 6.07) is 33.0. The Morgan fingerprint density at radius 3 is 1.85 bits per heavy atom. The molecule has 0 unspecified atom stereocenters. The molecule has 0 amide bonds. The van der Waals surface area contributed by atoms with Crippen molar-refractivity contribution in [3.8, 4) is 33.4 Å². The molecule has 0 radical (unpaired) electrons. The topological polar surface area (TPSA) is 0 Å². The molecule has 0 saturated heterocycles. The molecule has 26 heavy (non-hydrogen) atoms. The maximum atomic E-state index is 2.37. The van der Waals surface area contributed by atoms with Crippen LogP contribution in [0.2, 0.25) is 0 Å².